The summed E-state index contributed by atoms with van der Waals surface area (Å²) < 4.78 is 0. The minimum atomic E-state index is 0.0914. The van der Waals surface area contributed by atoms with Crippen molar-refractivity contribution in [3.05, 3.63) is 0 Å². The molecule has 0 aromatic heterocycles. The second kappa shape index (κ2) is 7.58. The minimum Gasteiger partial charge on any atom is -0.354 e. The topological polar surface area (TPSA) is 58.5 Å². The summed E-state index contributed by atoms with van der Waals surface area (Å²) in [5.41, 5.74) is 0. The molecule has 0 radical (unpaired) electrons. The molecule has 2 fully saturated rings. The molecule has 2 rings (SSSR count). The predicted molar refractivity (Wildman–Crippen MR) is 78.0 cm³/mol. The van der Waals surface area contributed by atoms with Crippen LogP contribution in [0.25, 0.3) is 0 Å². The zero-order valence-corrected chi connectivity index (χ0v) is 12.4. The van der Waals surface area contributed by atoms with Gasteiger partial charge in [0.25, 0.3) is 0 Å². The van der Waals surface area contributed by atoms with Gasteiger partial charge in [-0.25, -0.2) is 9.79 Å². The monoisotopic (exact) mass is 278 g/mol. The van der Waals surface area contributed by atoms with E-state index in [1.165, 1.54) is 32.1 Å². The molecule has 0 spiro atoms. The van der Waals surface area contributed by atoms with E-state index < -0.39 is 0 Å². The number of hydrogen-bond acceptors (Lipinski definition) is 3. The van der Waals surface area contributed by atoms with Crippen LogP contribution in [0.1, 0.15) is 64.7 Å². The number of carbonyl (C=O) groups is 1. The van der Waals surface area contributed by atoms with Crippen LogP contribution in [-0.2, 0) is 9.59 Å². The zero-order chi connectivity index (χ0) is 14.4. The van der Waals surface area contributed by atoms with Crippen LogP contribution >= 0.6 is 0 Å². The van der Waals surface area contributed by atoms with Crippen LogP contribution in [0, 0.1) is 11.8 Å². The number of amides is 1. The van der Waals surface area contributed by atoms with Gasteiger partial charge in [-0.15, -0.1) is 0 Å². The van der Waals surface area contributed by atoms with E-state index in [9.17, 15) is 9.59 Å². The van der Waals surface area contributed by atoms with E-state index in [2.05, 4.69) is 10.3 Å². The molecule has 20 heavy (non-hydrogen) atoms. The Hall–Kier alpha value is -1.15. The molecule has 0 heterocycles. The number of nitrogens with one attached hydrogen (secondary N) is 1. The van der Waals surface area contributed by atoms with Gasteiger partial charge in [0.05, 0.1) is 6.04 Å². The van der Waals surface area contributed by atoms with Crippen molar-refractivity contribution in [2.45, 2.75) is 76.8 Å². The van der Waals surface area contributed by atoms with Gasteiger partial charge >= 0.3 is 0 Å². The van der Waals surface area contributed by atoms with E-state index in [0.29, 0.717) is 12.0 Å². The van der Waals surface area contributed by atoms with Crippen LogP contribution in [0.5, 0.6) is 0 Å². The van der Waals surface area contributed by atoms with Gasteiger partial charge in [-0.2, -0.15) is 0 Å². The molecule has 4 heteroatoms. The second-order valence-electron chi connectivity index (χ2n) is 6.57. The molecular weight excluding hydrogens is 252 g/mol. The van der Waals surface area contributed by atoms with E-state index >= 15 is 0 Å². The highest BCUT2D eigenvalue weighted by Gasteiger charge is 2.28. The second-order valence-corrected chi connectivity index (χ2v) is 6.57. The van der Waals surface area contributed by atoms with Gasteiger partial charge in [0.2, 0.25) is 12.0 Å². The fourth-order valence-electron chi connectivity index (χ4n) is 4.06. The van der Waals surface area contributed by atoms with E-state index in [0.717, 1.165) is 31.6 Å². The van der Waals surface area contributed by atoms with Gasteiger partial charge in [-0.3, -0.25) is 4.79 Å². The SMILES string of the molecule is CC(=O)NC1CCCC(CC2CCCC(N=C=O)C2)C1. The summed E-state index contributed by atoms with van der Waals surface area (Å²) in [6.45, 7) is 1.60. The third-order valence-electron chi connectivity index (χ3n) is 4.85. The summed E-state index contributed by atoms with van der Waals surface area (Å²) in [6.07, 6.45) is 12.3. The summed E-state index contributed by atoms with van der Waals surface area (Å²) in [6, 6.07) is 0.583. The molecule has 4 atom stereocenters. The third kappa shape index (κ3) is 4.75. The number of nitrogens with zero attached hydrogens (tertiary/aromatic N) is 1. The molecule has 112 valence electrons. The Balaban J connectivity index is 1.80. The standard InChI is InChI=1S/C16H26N2O2/c1-12(20)18-16-7-3-5-14(10-16)8-13-4-2-6-15(9-13)17-11-19/h13-16H,2-10H2,1H3,(H,18,20). The van der Waals surface area contributed by atoms with Gasteiger partial charge in [0, 0.05) is 13.0 Å². The van der Waals surface area contributed by atoms with Crippen LogP contribution in [0.4, 0.5) is 0 Å². The summed E-state index contributed by atoms with van der Waals surface area (Å²) in [5.74, 6) is 1.52. The van der Waals surface area contributed by atoms with Crippen LogP contribution in [0.3, 0.4) is 0 Å². The highest BCUT2D eigenvalue weighted by molar-refractivity contribution is 5.73. The average molecular weight is 278 g/mol. The van der Waals surface area contributed by atoms with Crippen LogP contribution in [0.2, 0.25) is 0 Å². The lowest BCUT2D eigenvalue weighted by atomic mass is 9.75. The molecular formula is C16H26N2O2. The Labute approximate surface area is 121 Å². The summed E-state index contributed by atoms with van der Waals surface area (Å²) >= 11 is 0. The maximum atomic E-state index is 11.2. The first kappa shape index (κ1) is 15.2. The molecule has 0 saturated heterocycles. The molecule has 2 aliphatic carbocycles. The number of hydrogen-bond donors (Lipinski definition) is 1. The highest BCUT2D eigenvalue weighted by atomic mass is 16.1. The molecule has 4 nitrogen and oxygen atoms in total. The van der Waals surface area contributed by atoms with E-state index in [-0.39, 0.29) is 11.9 Å². The normalized spacial score (nSPS) is 34.0. The maximum Gasteiger partial charge on any atom is 0.235 e. The van der Waals surface area contributed by atoms with Crippen molar-refractivity contribution < 1.29 is 9.59 Å². The molecule has 0 aromatic rings. The van der Waals surface area contributed by atoms with Crippen molar-refractivity contribution in [1.29, 1.82) is 0 Å². The minimum absolute atomic E-state index is 0.0914. The lowest BCUT2D eigenvalue weighted by Gasteiger charge is -2.34. The first-order chi connectivity index (χ1) is 9.67. The fraction of sp³-hybridized carbons (Fsp3) is 0.875. The van der Waals surface area contributed by atoms with Crippen LogP contribution < -0.4 is 5.32 Å². The lowest BCUT2D eigenvalue weighted by Crippen LogP contribution is -2.37. The van der Waals surface area contributed by atoms with Crippen LogP contribution in [0.15, 0.2) is 4.99 Å². The predicted octanol–water partition coefficient (Wildman–Crippen LogP) is 2.97. The average Bonchev–Trinajstić information content (AvgIpc) is 2.39. The molecule has 0 aliphatic heterocycles. The third-order valence-corrected chi connectivity index (χ3v) is 4.85. The highest BCUT2D eigenvalue weighted by Crippen LogP contribution is 2.36. The molecule has 1 amide bonds. The van der Waals surface area contributed by atoms with Gasteiger partial charge in [-0.1, -0.05) is 25.7 Å². The number of carbonyl (C=O) groups excluding carboxylic acids is 2. The molecule has 0 aromatic carbocycles. The largest absolute Gasteiger partial charge is 0.354 e. The summed E-state index contributed by atoms with van der Waals surface area (Å²) in [5, 5.41) is 3.07. The summed E-state index contributed by atoms with van der Waals surface area (Å²) in [7, 11) is 0. The van der Waals surface area contributed by atoms with E-state index in [1.54, 1.807) is 13.0 Å². The Morgan fingerprint density at radius 2 is 1.85 bits per heavy atom. The van der Waals surface area contributed by atoms with Gasteiger partial charge in [-0.05, 0) is 43.9 Å². The molecule has 1 N–H and O–H groups in total. The van der Waals surface area contributed by atoms with Gasteiger partial charge < -0.3 is 5.32 Å². The first-order valence-corrected chi connectivity index (χ1v) is 8.01. The zero-order valence-electron chi connectivity index (χ0n) is 12.4. The van der Waals surface area contributed by atoms with Gasteiger partial charge in [0.15, 0.2) is 0 Å². The molecule has 4 unspecified atom stereocenters. The van der Waals surface area contributed by atoms with Crippen molar-refractivity contribution in [3.8, 4) is 0 Å². The smallest absolute Gasteiger partial charge is 0.235 e. The van der Waals surface area contributed by atoms with Crippen LogP contribution in [-0.4, -0.2) is 24.1 Å². The number of isocyanates is 1. The van der Waals surface area contributed by atoms with Gasteiger partial charge in [0.1, 0.15) is 0 Å². The lowest BCUT2D eigenvalue weighted by molar-refractivity contribution is -0.119. The molecule has 2 saturated carbocycles. The Morgan fingerprint density at radius 3 is 2.55 bits per heavy atom. The number of aliphatic imine (C=N–C) groups is 1. The molecule has 2 aliphatic rings. The van der Waals surface area contributed by atoms with E-state index in [1.807, 2.05) is 0 Å². The van der Waals surface area contributed by atoms with Crippen molar-refractivity contribution in [1.82, 2.24) is 5.32 Å². The first-order valence-electron chi connectivity index (χ1n) is 8.01. The Morgan fingerprint density at radius 1 is 1.15 bits per heavy atom. The fourth-order valence-corrected chi connectivity index (χ4v) is 4.06. The van der Waals surface area contributed by atoms with Crippen molar-refractivity contribution in [2.75, 3.05) is 0 Å². The summed E-state index contributed by atoms with van der Waals surface area (Å²) in [4.78, 5) is 25.5. The Bertz CT molecular complexity index is 377. The van der Waals surface area contributed by atoms with Crippen molar-refractivity contribution in [2.24, 2.45) is 16.8 Å². The Kier molecular flexibility index (Phi) is 5.78. The quantitative estimate of drug-likeness (QED) is 0.635. The molecule has 0 bridgehead atoms. The van der Waals surface area contributed by atoms with Crippen molar-refractivity contribution >= 4 is 12.0 Å². The van der Waals surface area contributed by atoms with Crippen molar-refractivity contribution in [3.63, 3.8) is 0 Å². The number of rotatable bonds is 4. The van der Waals surface area contributed by atoms with E-state index in [4.69, 9.17) is 0 Å². The maximum absolute atomic E-state index is 11.2.